The highest BCUT2D eigenvalue weighted by molar-refractivity contribution is 5.81. The molecule has 0 fully saturated rings. The lowest BCUT2D eigenvalue weighted by Gasteiger charge is -2.07. The Hall–Kier alpha value is -2.89. The highest BCUT2D eigenvalue weighted by Gasteiger charge is 2.00. The second-order valence-electron chi connectivity index (χ2n) is 4.23. The smallest absolute Gasteiger partial charge is 0.334 e. The number of ether oxygens (including phenoxy) is 1. The molecule has 0 unspecified atom stereocenters. The second-order valence-corrected chi connectivity index (χ2v) is 4.23. The molecule has 5 nitrogen and oxygen atoms in total. The van der Waals surface area contributed by atoms with Gasteiger partial charge in [-0.15, -0.1) is 0 Å². The average Bonchev–Trinajstić information content (AvgIpc) is 2.48. The first kappa shape index (κ1) is 14.5. The zero-order valence-corrected chi connectivity index (χ0v) is 11.4. The monoisotopic (exact) mass is 287 g/mol. The predicted octanol–water partition coefficient (Wildman–Crippen LogP) is 2.96. The van der Waals surface area contributed by atoms with Crippen LogP contribution in [0.3, 0.4) is 0 Å². The normalized spacial score (nSPS) is 10.6. The maximum Gasteiger partial charge on any atom is 0.334 e. The summed E-state index contributed by atoms with van der Waals surface area (Å²) in [7, 11) is 1.46. The van der Waals surface area contributed by atoms with Crippen molar-refractivity contribution in [3.63, 3.8) is 0 Å². The van der Waals surface area contributed by atoms with E-state index in [0.29, 0.717) is 11.5 Å². The van der Waals surface area contributed by atoms with Crippen molar-refractivity contribution < 1.29 is 13.9 Å². The average molecular weight is 287 g/mol. The number of halogens is 1. The Kier molecular flexibility index (Phi) is 4.50. The molecule has 0 aromatic heterocycles. The predicted molar refractivity (Wildman–Crippen MR) is 77.9 cm³/mol. The highest BCUT2D eigenvalue weighted by Crippen LogP contribution is 2.21. The Labute approximate surface area is 121 Å². The van der Waals surface area contributed by atoms with Crippen molar-refractivity contribution in [2.24, 2.45) is 10.8 Å². The molecule has 21 heavy (non-hydrogen) atoms. The summed E-state index contributed by atoms with van der Waals surface area (Å²) in [4.78, 5) is 10.8. The highest BCUT2D eigenvalue weighted by atomic mass is 19.1. The van der Waals surface area contributed by atoms with Gasteiger partial charge in [0.1, 0.15) is 17.3 Å². The van der Waals surface area contributed by atoms with E-state index in [0.717, 1.165) is 10.6 Å². The largest absolute Gasteiger partial charge is 0.457 e. The van der Waals surface area contributed by atoms with E-state index < -0.39 is 6.03 Å². The molecule has 0 aliphatic heterocycles. The molecular weight excluding hydrogens is 273 g/mol. The standard InChI is InChI=1S/C15H14FN3O2/c1-19(15(17)20)18-10-11-2-6-13(7-3-11)21-14-8-4-12(16)5-9-14/h2-10H,1H3,(H2,17,20). The van der Waals surface area contributed by atoms with Gasteiger partial charge in [0.15, 0.2) is 0 Å². The van der Waals surface area contributed by atoms with Crippen LogP contribution >= 0.6 is 0 Å². The number of carbonyl (C=O) groups excluding carboxylic acids is 1. The number of hydrogen-bond acceptors (Lipinski definition) is 3. The summed E-state index contributed by atoms with van der Waals surface area (Å²) < 4.78 is 18.3. The van der Waals surface area contributed by atoms with E-state index in [1.807, 2.05) is 0 Å². The van der Waals surface area contributed by atoms with Gasteiger partial charge in [0, 0.05) is 7.05 Å². The summed E-state index contributed by atoms with van der Waals surface area (Å²) >= 11 is 0. The van der Waals surface area contributed by atoms with Crippen molar-refractivity contribution in [3.8, 4) is 11.5 Å². The van der Waals surface area contributed by atoms with Crippen molar-refractivity contribution in [2.75, 3.05) is 7.05 Å². The van der Waals surface area contributed by atoms with E-state index in [1.165, 1.54) is 25.4 Å². The molecule has 2 rings (SSSR count). The van der Waals surface area contributed by atoms with Crippen LogP contribution in [0, 0.1) is 5.82 Å². The Morgan fingerprint density at radius 1 is 1.14 bits per heavy atom. The minimum atomic E-state index is -0.637. The molecule has 0 spiro atoms. The minimum absolute atomic E-state index is 0.313. The van der Waals surface area contributed by atoms with Gasteiger partial charge in [0.25, 0.3) is 0 Å². The van der Waals surface area contributed by atoms with Gasteiger partial charge in [-0.05, 0) is 54.1 Å². The number of nitrogens with zero attached hydrogens (tertiary/aromatic N) is 2. The summed E-state index contributed by atoms with van der Waals surface area (Å²) in [5.41, 5.74) is 5.83. The van der Waals surface area contributed by atoms with Crippen LogP contribution < -0.4 is 10.5 Å². The summed E-state index contributed by atoms with van der Waals surface area (Å²) in [6, 6.07) is 12.2. The van der Waals surface area contributed by atoms with E-state index >= 15 is 0 Å². The molecule has 2 N–H and O–H groups in total. The zero-order chi connectivity index (χ0) is 15.2. The third-order valence-corrected chi connectivity index (χ3v) is 2.63. The Morgan fingerprint density at radius 2 is 1.67 bits per heavy atom. The summed E-state index contributed by atoms with van der Waals surface area (Å²) in [5.74, 6) is 0.848. The molecule has 0 bridgehead atoms. The van der Waals surface area contributed by atoms with Crippen LogP contribution in [0.15, 0.2) is 53.6 Å². The van der Waals surface area contributed by atoms with Crippen LogP contribution in [-0.4, -0.2) is 24.3 Å². The van der Waals surface area contributed by atoms with Crippen LogP contribution in [0.5, 0.6) is 11.5 Å². The maximum atomic E-state index is 12.8. The van der Waals surface area contributed by atoms with Gasteiger partial charge < -0.3 is 10.5 Å². The molecule has 0 atom stereocenters. The summed E-state index contributed by atoms with van der Waals surface area (Å²) in [5, 5.41) is 4.90. The number of benzene rings is 2. The van der Waals surface area contributed by atoms with Crippen LogP contribution in [0.2, 0.25) is 0 Å². The number of hydrazone groups is 1. The molecule has 0 aliphatic carbocycles. The SMILES string of the molecule is CN(N=Cc1ccc(Oc2ccc(F)cc2)cc1)C(N)=O. The summed E-state index contributed by atoms with van der Waals surface area (Å²) in [6.45, 7) is 0. The van der Waals surface area contributed by atoms with Crippen LogP contribution in [-0.2, 0) is 0 Å². The van der Waals surface area contributed by atoms with Crippen molar-refractivity contribution in [3.05, 3.63) is 59.9 Å². The third-order valence-electron chi connectivity index (χ3n) is 2.63. The molecule has 2 aromatic rings. The lowest BCUT2D eigenvalue weighted by molar-refractivity contribution is 0.220. The van der Waals surface area contributed by atoms with E-state index in [4.69, 9.17) is 10.5 Å². The first-order chi connectivity index (χ1) is 10.0. The first-order valence-electron chi connectivity index (χ1n) is 6.15. The number of rotatable bonds is 4. The number of hydrogen-bond donors (Lipinski definition) is 1. The van der Waals surface area contributed by atoms with Crippen molar-refractivity contribution in [1.82, 2.24) is 5.01 Å². The molecule has 0 saturated heterocycles. The van der Waals surface area contributed by atoms with Crippen LogP contribution in [0.4, 0.5) is 9.18 Å². The molecule has 0 radical (unpaired) electrons. The lowest BCUT2D eigenvalue weighted by Crippen LogP contribution is -2.27. The quantitative estimate of drug-likeness (QED) is 0.694. The van der Waals surface area contributed by atoms with E-state index in [9.17, 15) is 9.18 Å². The first-order valence-corrected chi connectivity index (χ1v) is 6.15. The fourth-order valence-electron chi connectivity index (χ4n) is 1.47. The topological polar surface area (TPSA) is 67.9 Å². The maximum absolute atomic E-state index is 12.8. The Bertz CT molecular complexity index is 639. The molecule has 2 amide bonds. The Morgan fingerprint density at radius 3 is 2.19 bits per heavy atom. The third kappa shape index (κ3) is 4.31. The van der Waals surface area contributed by atoms with Gasteiger partial charge in [-0.1, -0.05) is 0 Å². The number of urea groups is 1. The van der Waals surface area contributed by atoms with E-state index in [2.05, 4.69) is 5.10 Å². The van der Waals surface area contributed by atoms with E-state index in [1.54, 1.807) is 36.4 Å². The van der Waals surface area contributed by atoms with Crippen molar-refractivity contribution in [1.29, 1.82) is 0 Å². The minimum Gasteiger partial charge on any atom is -0.457 e. The van der Waals surface area contributed by atoms with Gasteiger partial charge in [-0.3, -0.25) is 0 Å². The number of primary amides is 1. The number of carbonyl (C=O) groups is 1. The zero-order valence-electron chi connectivity index (χ0n) is 11.4. The fraction of sp³-hybridized carbons (Fsp3) is 0.0667. The van der Waals surface area contributed by atoms with Crippen molar-refractivity contribution in [2.45, 2.75) is 0 Å². The van der Waals surface area contributed by atoms with E-state index in [-0.39, 0.29) is 5.82 Å². The fourth-order valence-corrected chi connectivity index (χ4v) is 1.47. The van der Waals surface area contributed by atoms with Gasteiger partial charge in [-0.25, -0.2) is 14.2 Å². The molecule has 0 heterocycles. The van der Waals surface area contributed by atoms with Gasteiger partial charge >= 0.3 is 6.03 Å². The van der Waals surface area contributed by atoms with Crippen LogP contribution in [0.1, 0.15) is 5.56 Å². The van der Waals surface area contributed by atoms with Gasteiger partial charge in [0.2, 0.25) is 0 Å². The molecule has 0 aliphatic rings. The molecule has 2 aromatic carbocycles. The van der Waals surface area contributed by atoms with Gasteiger partial charge in [-0.2, -0.15) is 5.10 Å². The second kappa shape index (κ2) is 6.51. The number of amides is 2. The Balaban J connectivity index is 2.02. The summed E-state index contributed by atoms with van der Waals surface area (Å²) in [6.07, 6.45) is 1.51. The number of nitrogens with two attached hydrogens (primary N) is 1. The lowest BCUT2D eigenvalue weighted by atomic mass is 10.2. The molecular formula is C15H14FN3O2. The molecule has 6 heteroatoms. The molecule has 108 valence electrons. The van der Waals surface area contributed by atoms with Crippen molar-refractivity contribution >= 4 is 12.2 Å². The molecule has 0 saturated carbocycles. The van der Waals surface area contributed by atoms with Gasteiger partial charge in [0.05, 0.1) is 6.21 Å². The van der Waals surface area contributed by atoms with Crippen LogP contribution in [0.25, 0.3) is 0 Å².